The molecule has 6 nitrogen and oxygen atoms in total. The number of carbonyl (C=O) groups excluding carboxylic acids is 3. The van der Waals surface area contributed by atoms with Gasteiger partial charge >= 0.3 is 12.1 Å². The predicted octanol–water partition coefficient (Wildman–Crippen LogP) is 1.76. The van der Waals surface area contributed by atoms with Crippen molar-refractivity contribution in [2.75, 3.05) is 27.3 Å². The third-order valence-corrected chi connectivity index (χ3v) is 2.73. The van der Waals surface area contributed by atoms with Crippen LogP contribution in [0.1, 0.15) is 10.4 Å². The highest BCUT2D eigenvalue weighted by Crippen LogP contribution is 2.10. The Balaban J connectivity index is 2.78. The number of esters is 1. The molecule has 1 aromatic carbocycles. The zero-order valence-corrected chi connectivity index (χ0v) is 11.8. The molecule has 0 spiro atoms. The summed E-state index contributed by atoms with van der Waals surface area (Å²) in [6.07, 6.45) is -0.780. The van der Waals surface area contributed by atoms with Crippen molar-refractivity contribution >= 4 is 29.4 Å². The molecule has 0 unspecified atom stereocenters. The fraction of sp³-hybridized carbons (Fsp3) is 0.308. The molecule has 0 N–H and O–H groups in total. The van der Waals surface area contributed by atoms with Crippen LogP contribution in [0.5, 0.6) is 0 Å². The zero-order chi connectivity index (χ0) is 15.1. The Hall–Kier alpha value is -2.08. The van der Waals surface area contributed by atoms with E-state index in [4.69, 9.17) is 11.6 Å². The highest BCUT2D eigenvalue weighted by molar-refractivity contribution is 6.30. The van der Waals surface area contributed by atoms with Gasteiger partial charge in [0.2, 0.25) is 0 Å². The third kappa shape index (κ3) is 4.55. The topological polar surface area (TPSA) is 72.9 Å². The lowest BCUT2D eigenvalue weighted by atomic mass is 10.1. The van der Waals surface area contributed by atoms with E-state index in [0.29, 0.717) is 10.6 Å². The summed E-state index contributed by atoms with van der Waals surface area (Å²) in [6, 6.07) is 6.21. The standard InChI is InChI=1S/C13H14ClNO5/c1-19-12(17)8-15(13(18)20-2)7-11(16)9-3-5-10(14)6-4-9/h3-6H,7-8H2,1-2H3. The first kappa shape index (κ1) is 16.0. The molecule has 0 heterocycles. The van der Waals surface area contributed by atoms with Gasteiger partial charge in [-0.3, -0.25) is 14.5 Å². The Morgan fingerprint density at radius 1 is 1.05 bits per heavy atom. The summed E-state index contributed by atoms with van der Waals surface area (Å²) in [4.78, 5) is 35.7. The van der Waals surface area contributed by atoms with E-state index >= 15 is 0 Å². The van der Waals surface area contributed by atoms with Gasteiger partial charge in [-0.25, -0.2) is 4.79 Å². The summed E-state index contributed by atoms with van der Waals surface area (Å²) < 4.78 is 8.98. The van der Waals surface area contributed by atoms with Crippen molar-refractivity contribution in [2.45, 2.75) is 0 Å². The van der Waals surface area contributed by atoms with Crippen LogP contribution in [-0.2, 0) is 14.3 Å². The second kappa shape index (κ2) is 7.49. The predicted molar refractivity (Wildman–Crippen MR) is 71.8 cm³/mol. The van der Waals surface area contributed by atoms with Gasteiger partial charge in [0.1, 0.15) is 6.54 Å². The normalized spacial score (nSPS) is 9.75. The fourth-order valence-electron chi connectivity index (χ4n) is 1.43. The van der Waals surface area contributed by atoms with Gasteiger partial charge in [-0.05, 0) is 24.3 Å². The van der Waals surface area contributed by atoms with Crippen molar-refractivity contribution in [3.8, 4) is 0 Å². The molecule has 0 aliphatic rings. The van der Waals surface area contributed by atoms with Crippen molar-refractivity contribution in [3.63, 3.8) is 0 Å². The second-order valence-electron chi connectivity index (χ2n) is 3.83. The average molecular weight is 300 g/mol. The Kier molecular flexibility index (Phi) is 5.99. The number of ether oxygens (including phenoxy) is 2. The lowest BCUT2D eigenvalue weighted by Gasteiger charge is -2.18. The van der Waals surface area contributed by atoms with Crippen LogP contribution in [-0.4, -0.2) is 50.1 Å². The number of ketones is 1. The Labute approximate surface area is 121 Å². The lowest BCUT2D eigenvalue weighted by molar-refractivity contribution is -0.141. The van der Waals surface area contributed by atoms with E-state index in [1.165, 1.54) is 26.4 Å². The van der Waals surface area contributed by atoms with E-state index in [9.17, 15) is 14.4 Å². The Bertz CT molecular complexity index is 500. The van der Waals surface area contributed by atoms with Crippen molar-refractivity contribution in [3.05, 3.63) is 34.9 Å². The van der Waals surface area contributed by atoms with Crippen LogP contribution in [0.4, 0.5) is 4.79 Å². The molecule has 0 aromatic heterocycles. The number of benzene rings is 1. The van der Waals surface area contributed by atoms with E-state index in [1.54, 1.807) is 12.1 Å². The molecule has 0 saturated carbocycles. The van der Waals surface area contributed by atoms with Gasteiger partial charge in [0.25, 0.3) is 0 Å². The molecule has 7 heteroatoms. The minimum absolute atomic E-state index is 0.288. The van der Waals surface area contributed by atoms with Gasteiger partial charge in [0, 0.05) is 10.6 Å². The van der Waals surface area contributed by atoms with Crippen molar-refractivity contribution in [1.82, 2.24) is 4.90 Å². The van der Waals surface area contributed by atoms with Crippen LogP contribution >= 0.6 is 11.6 Å². The average Bonchev–Trinajstić information content (AvgIpc) is 2.46. The molecule has 108 valence electrons. The van der Waals surface area contributed by atoms with Crippen molar-refractivity contribution in [1.29, 1.82) is 0 Å². The number of Topliss-reactive ketones (excluding diaryl/α,β-unsaturated/α-hetero) is 1. The molecular weight excluding hydrogens is 286 g/mol. The molecule has 0 bridgehead atoms. The van der Waals surface area contributed by atoms with E-state index in [2.05, 4.69) is 9.47 Å². The third-order valence-electron chi connectivity index (χ3n) is 2.48. The summed E-state index contributed by atoms with van der Waals surface area (Å²) in [5, 5.41) is 0.501. The summed E-state index contributed by atoms with van der Waals surface area (Å²) in [6.45, 7) is -0.647. The summed E-state index contributed by atoms with van der Waals surface area (Å²) in [5.41, 5.74) is 0.383. The van der Waals surface area contributed by atoms with Crippen LogP contribution in [0.25, 0.3) is 0 Å². The number of hydrogen-bond donors (Lipinski definition) is 0. The number of rotatable bonds is 5. The maximum atomic E-state index is 12.0. The number of nitrogens with zero attached hydrogens (tertiary/aromatic N) is 1. The first-order valence-corrected chi connectivity index (χ1v) is 6.04. The van der Waals surface area contributed by atoms with Gasteiger partial charge in [0.15, 0.2) is 5.78 Å². The quantitative estimate of drug-likeness (QED) is 0.612. The first-order valence-electron chi connectivity index (χ1n) is 5.66. The van der Waals surface area contributed by atoms with Crippen LogP contribution in [0, 0.1) is 0 Å². The Morgan fingerprint density at radius 2 is 1.65 bits per heavy atom. The largest absolute Gasteiger partial charge is 0.468 e. The minimum Gasteiger partial charge on any atom is -0.468 e. The smallest absolute Gasteiger partial charge is 0.410 e. The van der Waals surface area contributed by atoms with Crippen molar-refractivity contribution in [2.24, 2.45) is 0 Å². The first-order chi connectivity index (χ1) is 9.47. The molecule has 1 amide bonds. The highest BCUT2D eigenvalue weighted by Gasteiger charge is 2.21. The zero-order valence-electron chi connectivity index (χ0n) is 11.1. The van der Waals surface area contributed by atoms with Crippen LogP contribution in [0.2, 0.25) is 5.02 Å². The SMILES string of the molecule is COC(=O)CN(CC(=O)c1ccc(Cl)cc1)C(=O)OC. The molecule has 0 saturated heterocycles. The number of halogens is 1. The van der Waals surface area contributed by atoms with E-state index in [0.717, 1.165) is 4.90 Å². The molecular formula is C13H14ClNO5. The summed E-state index contributed by atoms with van der Waals surface area (Å²) >= 11 is 5.73. The molecule has 20 heavy (non-hydrogen) atoms. The number of amides is 1. The summed E-state index contributed by atoms with van der Waals surface area (Å²) in [5.74, 6) is -0.977. The molecule has 1 aromatic rings. The van der Waals surface area contributed by atoms with Crippen LogP contribution in [0.3, 0.4) is 0 Å². The van der Waals surface area contributed by atoms with Gasteiger partial charge in [-0.2, -0.15) is 0 Å². The van der Waals surface area contributed by atoms with E-state index < -0.39 is 12.1 Å². The van der Waals surface area contributed by atoms with Gasteiger partial charge in [-0.1, -0.05) is 11.6 Å². The molecule has 0 atom stereocenters. The Morgan fingerprint density at radius 3 is 2.15 bits per heavy atom. The summed E-state index contributed by atoms with van der Waals surface area (Å²) in [7, 11) is 2.36. The van der Waals surface area contributed by atoms with Crippen LogP contribution in [0.15, 0.2) is 24.3 Å². The second-order valence-corrected chi connectivity index (χ2v) is 4.27. The fourth-order valence-corrected chi connectivity index (χ4v) is 1.56. The monoisotopic (exact) mass is 299 g/mol. The molecule has 0 aliphatic heterocycles. The number of methoxy groups -OCH3 is 2. The maximum Gasteiger partial charge on any atom is 0.410 e. The number of carbonyl (C=O) groups is 3. The van der Waals surface area contributed by atoms with Gasteiger partial charge in [-0.15, -0.1) is 0 Å². The van der Waals surface area contributed by atoms with E-state index in [1.807, 2.05) is 0 Å². The number of hydrogen-bond acceptors (Lipinski definition) is 5. The molecule has 0 radical (unpaired) electrons. The molecule has 0 aliphatic carbocycles. The van der Waals surface area contributed by atoms with Crippen molar-refractivity contribution < 1.29 is 23.9 Å². The maximum absolute atomic E-state index is 12.0. The molecule has 0 fully saturated rings. The minimum atomic E-state index is -0.780. The van der Waals surface area contributed by atoms with Crippen LogP contribution < -0.4 is 0 Å². The van der Waals surface area contributed by atoms with Gasteiger partial charge < -0.3 is 9.47 Å². The van der Waals surface area contributed by atoms with E-state index in [-0.39, 0.29) is 18.9 Å². The molecule has 1 rings (SSSR count). The highest BCUT2D eigenvalue weighted by atomic mass is 35.5. The lowest BCUT2D eigenvalue weighted by Crippen LogP contribution is -2.39. The van der Waals surface area contributed by atoms with Gasteiger partial charge in [0.05, 0.1) is 20.8 Å².